The average molecular weight is 201 g/mol. The Morgan fingerprint density at radius 3 is 2.30 bits per heavy atom. The van der Waals surface area contributed by atoms with Crippen molar-refractivity contribution in [3.63, 3.8) is 0 Å². The highest BCUT2D eigenvalue weighted by atomic mass is 35.5. The molecule has 0 bridgehead atoms. The van der Waals surface area contributed by atoms with E-state index in [4.69, 9.17) is 11.6 Å². The lowest BCUT2D eigenvalue weighted by Gasteiger charge is -1.87. The summed E-state index contributed by atoms with van der Waals surface area (Å²) in [7, 11) is 0. The lowest BCUT2D eigenvalue weighted by Crippen LogP contribution is -1.83. The Bertz CT molecular complexity index is 175. The Hall–Kier alpha value is -0.0500. The molecule has 0 N–H and O–H groups in total. The fourth-order valence-electron chi connectivity index (χ4n) is 0.427. The highest BCUT2D eigenvalue weighted by Crippen LogP contribution is 1.99. The minimum atomic E-state index is 0. The smallest absolute Gasteiger partial charge is 0.132 e. The molecule has 0 fully saturated rings. The first-order valence-corrected chi connectivity index (χ1v) is 2.62. The van der Waals surface area contributed by atoms with Gasteiger partial charge in [-0.2, -0.15) is 0 Å². The van der Waals surface area contributed by atoms with Crippen molar-refractivity contribution in [3.05, 3.63) is 23.2 Å². The van der Waals surface area contributed by atoms with Gasteiger partial charge >= 0.3 is 0 Å². The molecule has 0 unspecified atom stereocenters. The number of hydrogen-bond donors (Lipinski definition) is 0. The van der Waals surface area contributed by atoms with E-state index in [1.54, 1.807) is 19.2 Å². The third-order valence-corrected chi connectivity index (χ3v) is 0.953. The number of nitrogens with zero attached hydrogens (tertiary/aromatic N) is 2. The van der Waals surface area contributed by atoms with E-state index in [1.807, 2.05) is 0 Å². The van der Waals surface area contributed by atoms with Crippen molar-refractivity contribution in [2.24, 2.45) is 0 Å². The van der Waals surface area contributed by atoms with Crippen LogP contribution in [0.3, 0.4) is 0 Å². The summed E-state index contributed by atoms with van der Waals surface area (Å²) in [6, 6.07) is 1.65. The molecule has 0 aliphatic rings. The summed E-state index contributed by atoms with van der Waals surface area (Å²) in [5.41, 5.74) is 0. The van der Waals surface area contributed by atoms with Gasteiger partial charge in [0.2, 0.25) is 0 Å². The summed E-state index contributed by atoms with van der Waals surface area (Å²) in [4.78, 5) is 7.67. The van der Waals surface area contributed by atoms with Gasteiger partial charge in [-0.3, -0.25) is 0 Å². The zero-order valence-corrected chi connectivity index (χ0v) is 7.63. The van der Waals surface area contributed by atoms with Crippen LogP contribution in [-0.4, -0.2) is 9.97 Å². The largest absolute Gasteiger partial charge is 0.242 e. The van der Waals surface area contributed by atoms with Crippen LogP contribution in [0, 0.1) is 6.92 Å². The van der Waals surface area contributed by atoms with Crippen molar-refractivity contribution in [3.8, 4) is 0 Å². The van der Waals surface area contributed by atoms with Gasteiger partial charge in [-0.15, -0.1) is 24.8 Å². The van der Waals surface area contributed by atoms with Crippen LogP contribution in [0.1, 0.15) is 5.82 Å². The van der Waals surface area contributed by atoms with E-state index >= 15 is 0 Å². The van der Waals surface area contributed by atoms with Crippen LogP contribution in [-0.2, 0) is 0 Å². The van der Waals surface area contributed by atoms with Gasteiger partial charge in [0.15, 0.2) is 0 Å². The van der Waals surface area contributed by atoms with Crippen molar-refractivity contribution in [2.75, 3.05) is 0 Å². The molecule has 5 heteroatoms. The lowest BCUT2D eigenvalue weighted by atomic mass is 10.6. The van der Waals surface area contributed by atoms with Crippen LogP contribution >= 0.6 is 36.4 Å². The second-order valence-electron chi connectivity index (χ2n) is 1.43. The van der Waals surface area contributed by atoms with Crippen LogP contribution in [0.2, 0.25) is 5.15 Å². The molecule has 0 aliphatic carbocycles. The van der Waals surface area contributed by atoms with Gasteiger partial charge in [0, 0.05) is 6.20 Å². The average Bonchev–Trinajstić information content (AvgIpc) is 1.64. The van der Waals surface area contributed by atoms with Gasteiger partial charge in [-0.1, -0.05) is 11.6 Å². The zero-order chi connectivity index (χ0) is 5.98. The number of rotatable bonds is 0. The molecule has 0 amide bonds. The van der Waals surface area contributed by atoms with Crippen molar-refractivity contribution in [2.45, 2.75) is 6.92 Å². The molecular formula is C5H7Cl3N2. The van der Waals surface area contributed by atoms with E-state index in [-0.39, 0.29) is 24.8 Å². The molecule has 0 aliphatic heterocycles. The van der Waals surface area contributed by atoms with Gasteiger partial charge < -0.3 is 0 Å². The molecule has 1 aromatic rings. The Morgan fingerprint density at radius 1 is 1.40 bits per heavy atom. The summed E-state index contributed by atoms with van der Waals surface area (Å²) < 4.78 is 0. The van der Waals surface area contributed by atoms with Crippen molar-refractivity contribution in [1.82, 2.24) is 9.97 Å². The van der Waals surface area contributed by atoms with E-state index in [0.717, 1.165) is 0 Å². The van der Waals surface area contributed by atoms with Gasteiger partial charge in [0.05, 0.1) is 0 Å². The van der Waals surface area contributed by atoms with Crippen LogP contribution in [0.25, 0.3) is 0 Å². The highest BCUT2D eigenvalue weighted by molar-refractivity contribution is 6.29. The predicted octanol–water partition coefficient (Wildman–Crippen LogP) is 2.28. The van der Waals surface area contributed by atoms with Crippen LogP contribution < -0.4 is 0 Å². The Morgan fingerprint density at radius 2 is 2.00 bits per heavy atom. The van der Waals surface area contributed by atoms with Crippen LogP contribution in [0.4, 0.5) is 0 Å². The first-order chi connectivity index (χ1) is 3.79. The predicted molar refractivity (Wildman–Crippen MR) is 46.3 cm³/mol. The molecule has 1 rings (SSSR count). The maximum Gasteiger partial charge on any atom is 0.132 e. The molecular weight excluding hydrogens is 194 g/mol. The van der Waals surface area contributed by atoms with Gasteiger partial charge in [-0.05, 0) is 13.0 Å². The lowest BCUT2D eigenvalue weighted by molar-refractivity contribution is 1.05. The Kier molecular flexibility index (Phi) is 7.21. The van der Waals surface area contributed by atoms with Crippen LogP contribution in [0.5, 0.6) is 0 Å². The number of aryl methyl sites for hydroxylation is 1. The van der Waals surface area contributed by atoms with Crippen molar-refractivity contribution < 1.29 is 0 Å². The van der Waals surface area contributed by atoms with Crippen molar-refractivity contribution >= 4 is 36.4 Å². The topological polar surface area (TPSA) is 25.8 Å². The molecule has 2 nitrogen and oxygen atoms in total. The molecule has 0 saturated carbocycles. The van der Waals surface area contributed by atoms with E-state index in [2.05, 4.69) is 9.97 Å². The molecule has 0 atom stereocenters. The maximum atomic E-state index is 5.49. The SMILES string of the molecule is Cc1nccc(Cl)n1.Cl.Cl. The van der Waals surface area contributed by atoms with E-state index in [1.165, 1.54) is 0 Å². The van der Waals surface area contributed by atoms with E-state index in [0.29, 0.717) is 11.0 Å². The molecule has 0 spiro atoms. The fourth-order valence-corrected chi connectivity index (χ4v) is 0.606. The van der Waals surface area contributed by atoms with Crippen LogP contribution in [0.15, 0.2) is 12.3 Å². The van der Waals surface area contributed by atoms with E-state index in [9.17, 15) is 0 Å². The van der Waals surface area contributed by atoms with Gasteiger partial charge in [0.25, 0.3) is 0 Å². The summed E-state index contributed by atoms with van der Waals surface area (Å²) in [5, 5.41) is 0.498. The summed E-state index contributed by atoms with van der Waals surface area (Å²) >= 11 is 5.49. The first-order valence-electron chi connectivity index (χ1n) is 2.24. The van der Waals surface area contributed by atoms with Gasteiger partial charge in [0.1, 0.15) is 11.0 Å². The van der Waals surface area contributed by atoms with Gasteiger partial charge in [-0.25, -0.2) is 9.97 Å². The second-order valence-corrected chi connectivity index (χ2v) is 1.81. The third kappa shape index (κ3) is 3.88. The van der Waals surface area contributed by atoms with E-state index < -0.39 is 0 Å². The third-order valence-electron chi connectivity index (χ3n) is 0.742. The molecule has 1 aromatic heterocycles. The minimum absolute atomic E-state index is 0. The second kappa shape index (κ2) is 5.71. The van der Waals surface area contributed by atoms with Crippen molar-refractivity contribution in [1.29, 1.82) is 0 Å². The maximum absolute atomic E-state index is 5.49. The first kappa shape index (κ1) is 12.6. The normalized spacial score (nSPS) is 7.40. The molecule has 0 radical (unpaired) electrons. The number of halogens is 3. The fraction of sp³-hybridized carbons (Fsp3) is 0.200. The standard InChI is InChI=1S/C5H5ClN2.2ClH/c1-4-7-3-2-5(6)8-4;;/h2-3H,1H3;2*1H. The summed E-state index contributed by atoms with van der Waals surface area (Å²) in [6.45, 7) is 1.80. The number of aromatic nitrogens is 2. The number of hydrogen-bond acceptors (Lipinski definition) is 2. The molecule has 10 heavy (non-hydrogen) atoms. The monoisotopic (exact) mass is 200 g/mol. The molecule has 58 valence electrons. The Balaban J connectivity index is 0. The summed E-state index contributed by atoms with van der Waals surface area (Å²) in [5.74, 6) is 0.706. The zero-order valence-electron chi connectivity index (χ0n) is 5.24. The molecule has 0 aromatic carbocycles. The highest BCUT2D eigenvalue weighted by Gasteiger charge is 1.85. The quantitative estimate of drug-likeness (QED) is 0.602. The molecule has 1 heterocycles. The minimum Gasteiger partial charge on any atom is -0.242 e. The Labute approximate surface area is 76.8 Å². The molecule has 0 saturated heterocycles. The summed E-state index contributed by atoms with van der Waals surface area (Å²) in [6.07, 6.45) is 1.63.